The predicted molar refractivity (Wildman–Crippen MR) is 108 cm³/mol. The molecule has 142 valence electrons. The lowest BCUT2D eigenvalue weighted by atomic mass is 10.2. The number of hydrogen-bond donors (Lipinski definition) is 1. The van der Waals surface area contributed by atoms with Crippen LogP contribution in [-0.4, -0.2) is 43.1 Å². The average Bonchev–Trinajstić information content (AvgIpc) is 3.01. The number of hydrogen-bond acceptors (Lipinski definition) is 7. The highest BCUT2D eigenvalue weighted by molar-refractivity contribution is 8.00. The minimum Gasteiger partial charge on any atom is -0.299 e. The van der Waals surface area contributed by atoms with E-state index in [2.05, 4.69) is 15.5 Å². The molecule has 1 amide bonds. The Bertz CT molecular complexity index is 905. The number of thioether (sulfide) groups is 1. The van der Waals surface area contributed by atoms with Gasteiger partial charge in [0.1, 0.15) is 6.04 Å². The van der Waals surface area contributed by atoms with Crippen LogP contribution in [-0.2, 0) is 14.8 Å². The second kappa shape index (κ2) is 8.75. The molecule has 1 heterocycles. The van der Waals surface area contributed by atoms with Crippen LogP contribution >= 0.6 is 46.3 Å². The van der Waals surface area contributed by atoms with E-state index in [4.69, 9.17) is 23.2 Å². The van der Waals surface area contributed by atoms with Crippen molar-refractivity contribution < 1.29 is 13.2 Å². The molecule has 0 radical (unpaired) electrons. The van der Waals surface area contributed by atoms with Gasteiger partial charge in [0.2, 0.25) is 21.1 Å². The average molecular weight is 455 g/mol. The zero-order valence-electron chi connectivity index (χ0n) is 14.1. The van der Waals surface area contributed by atoms with Gasteiger partial charge in [-0.1, -0.05) is 53.2 Å². The molecule has 1 aromatic heterocycles. The van der Waals surface area contributed by atoms with Crippen molar-refractivity contribution in [3.8, 4) is 0 Å². The standard InChI is InChI=1S/C14H16Cl2N4O3S3/c1-4-10(12(21)17-13-18-19-14(24-2)25-13)20(26(3,22)23)11-7-8(15)5-6-9(11)16/h5-7,10H,4H2,1-3H3,(H,17,18,21). The van der Waals surface area contributed by atoms with Gasteiger partial charge in [-0.05, 0) is 30.9 Å². The second-order valence-corrected chi connectivity index (χ2v) is 9.88. The number of aromatic nitrogens is 2. The summed E-state index contributed by atoms with van der Waals surface area (Å²) in [7, 11) is -3.81. The molecule has 0 aliphatic carbocycles. The summed E-state index contributed by atoms with van der Waals surface area (Å²) in [6, 6.07) is 3.41. The SMILES string of the molecule is CCC(C(=O)Nc1nnc(SC)s1)N(c1cc(Cl)ccc1Cl)S(C)(=O)=O. The highest BCUT2D eigenvalue weighted by Gasteiger charge is 2.33. The molecule has 0 aliphatic heterocycles. The zero-order chi connectivity index (χ0) is 19.5. The minimum absolute atomic E-state index is 0.144. The van der Waals surface area contributed by atoms with E-state index >= 15 is 0 Å². The van der Waals surface area contributed by atoms with E-state index in [-0.39, 0.29) is 17.1 Å². The van der Waals surface area contributed by atoms with Crippen LogP contribution in [0.25, 0.3) is 0 Å². The van der Waals surface area contributed by atoms with Crippen molar-refractivity contribution in [2.45, 2.75) is 23.7 Å². The Morgan fingerprint density at radius 3 is 2.62 bits per heavy atom. The highest BCUT2D eigenvalue weighted by atomic mass is 35.5. The highest BCUT2D eigenvalue weighted by Crippen LogP contribution is 2.33. The third kappa shape index (κ3) is 5.01. The zero-order valence-corrected chi connectivity index (χ0v) is 18.0. The largest absolute Gasteiger partial charge is 0.299 e. The van der Waals surface area contributed by atoms with Crippen LogP contribution in [0.5, 0.6) is 0 Å². The first-order valence-corrected chi connectivity index (χ1v) is 11.9. The molecule has 7 nitrogen and oxygen atoms in total. The summed E-state index contributed by atoms with van der Waals surface area (Å²) in [5, 5.41) is 11.2. The van der Waals surface area contributed by atoms with Crippen molar-refractivity contribution in [2.75, 3.05) is 22.1 Å². The Balaban J connectivity index is 2.41. The van der Waals surface area contributed by atoms with Crippen molar-refractivity contribution in [1.82, 2.24) is 10.2 Å². The number of sulfonamides is 1. The molecule has 1 N–H and O–H groups in total. The first-order chi connectivity index (χ1) is 12.2. The van der Waals surface area contributed by atoms with E-state index in [1.54, 1.807) is 13.0 Å². The van der Waals surface area contributed by atoms with Gasteiger partial charge in [-0.3, -0.25) is 14.4 Å². The maximum Gasteiger partial charge on any atom is 0.250 e. The minimum atomic E-state index is -3.81. The third-order valence-corrected chi connectivity index (χ3v) is 6.82. The summed E-state index contributed by atoms with van der Waals surface area (Å²) in [6.07, 6.45) is 3.07. The van der Waals surface area contributed by atoms with Crippen LogP contribution in [0.1, 0.15) is 13.3 Å². The lowest BCUT2D eigenvalue weighted by molar-refractivity contribution is -0.117. The summed E-state index contributed by atoms with van der Waals surface area (Å²) in [5.41, 5.74) is 0.144. The summed E-state index contributed by atoms with van der Waals surface area (Å²) < 4.78 is 26.5. The van der Waals surface area contributed by atoms with Crippen molar-refractivity contribution in [3.63, 3.8) is 0 Å². The maximum absolute atomic E-state index is 12.7. The molecule has 0 saturated carbocycles. The van der Waals surface area contributed by atoms with Crippen LogP contribution in [0, 0.1) is 0 Å². The van der Waals surface area contributed by atoms with Crippen molar-refractivity contribution in [2.24, 2.45) is 0 Å². The van der Waals surface area contributed by atoms with Gasteiger partial charge in [0.25, 0.3) is 0 Å². The molecule has 0 aliphatic rings. The monoisotopic (exact) mass is 454 g/mol. The Kier molecular flexibility index (Phi) is 7.14. The number of amides is 1. The summed E-state index contributed by atoms with van der Waals surface area (Å²) in [6.45, 7) is 1.70. The first-order valence-electron chi connectivity index (χ1n) is 7.30. The van der Waals surface area contributed by atoms with E-state index in [0.29, 0.717) is 14.5 Å². The Hall–Kier alpha value is -1.07. The van der Waals surface area contributed by atoms with Crippen molar-refractivity contribution >= 4 is 73.0 Å². The Morgan fingerprint density at radius 1 is 1.38 bits per heavy atom. The Morgan fingerprint density at radius 2 is 2.08 bits per heavy atom. The number of carbonyl (C=O) groups is 1. The van der Waals surface area contributed by atoms with E-state index < -0.39 is 22.0 Å². The number of nitrogens with zero attached hydrogens (tertiary/aromatic N) is 3. The number of nitrogens with one attached hydrogen (secondary N) is 1. The molecule has 1 unspecified atom stereocenters. The summed E-state index contributed by atoms with van der Waals surface area (Å²) in [5.74, 6) is -0.530. The summed E-state index contributed by atoms with van der Waals surface area (Å²) >= 11 is 14.8. The summed E-state index contributed by atoms with van der Waals surface area (Å²) in [4.78, 5) is 12.7. The molecular weight excluding hydrogens is 439 g/mol. The molecule has 1 aromatic carbocycles. The molecule has 0 fully saturated rings. The number of halogens is 2. The van der Waals surface area contributed by atoms with Gasteiger partial charge in [0, 0.05) is 5.02 Å². The number of benzene rings is 1. The molecule has 0 spiro atoms. The Labute approximate surface area is 170 Å². The number of rotatable bonds is 7. The lowest BCUT2D eigenvalue weighted by Crippen LogP contribution is -2.47. The fourth-order valence-electron chi connectivity index (χ4n) is 2.22. The van der Waals surface area contributed by atoms with E-state index in [1.165, 1.54) is 35.2 Å². The quantitative estimate of drug-likeness (QED) is 0.505. The number of anilines is 2. The maximum atomic E-state index is 12.7. The third-order valence-electron chi connectivity index (χ3n) is 3.29. The molecule has 0 saturated heterocycles. The molecule has 2 aromatic rings. The van der Waals surface area contributed by atoms with E-state index in [9.17, 15) is 13.2 Å². The van der Waals surface area contributed by atoms with Crippen LogP contribution in [0.3, 0.4) is 0 Å². The van der Waals surface area contributed by atoms with E-state index in [1.807, 2.05) is 6.26 Å². The van der Waals surface area contributed by atoms with Crippen LogP contribution < -0.4 is 9.62 Å². The molecule has 12 heteroatoms. The van der Waals surface area contributed by atoms with Gasteiger partial charge in [-0.15, -0.1) is 10.2 Å². The van der Waals surface area contributed by atoms with Gasteiger partial charge < -0.3 is 0 Å². The number of carbonyl (C=O) groups excluding carboxylic acids is 1. The van der Waals surface area contributed by atoms with Crippen LogP contribution in [0.15, 0.2) is 22.5 Å². The normalized spacial score (nSPS) is 12.7. The second-order valence-electron chi connectivity index (χ2n) is 5.15. The van der Waals surface area contributed by atoms with Gasteiger partial charge in [-0.25, -0.2) is 8.42 Å². The van der Waals surface area contributed by atoms with Crippen LogP contribution in [0.4, 0.5) is 10.8 Å². The molecule has 26 heavy (non-hydrogen) atoms. The molecule has 0 bridgehead atoms. The lowest BCUT2D eigenvalue weighted by Gasteiger charge is -2.30. The van der Waals surface area contributed by atoms with E-state index in [0.717, 1.165) is 10.6 Å². The molecule has 2 rings (SSSR count). The fourth-order valence-corrected chi connectivity index (χ4v) is 5.03. The molecule has 1 atom stereocenters. The van der Waals surface area contributed by atoms with Gasteiger partial charge in [0.15, 0.2) is 4.34 Å². The fraction of sp³-hybridized carbons (Fsp3) is 0.357. The van der Waals surface area contributed by atoms with Gasteiger partial charge >= 0.3 is 0 Å². The van der Waals surface area contributed by atoms with Crippen molar-refractivity contribution in [3.05, 3.63) is 28.2 Å². The van der Waals surface area contributed by atoms with Gasteiger partial charge in [0.05, 0.1) is 17.0 Å². The van der Waals surface area contributed by atoms with Crippen LogP contribution in [0.2, 0.25) is 10.0 Å². The van der Waals surface area contributed by atoms with Gasteiger partial charge in [-0.2, -0.15) is 0 Å². The van der Waals surface area contributed by atoms with Crippen molar-refractivity contribution in [1.29, 1.82) is 0 Å². The smallest absolute Gasteiger partial charge is 0.250 e. The molecular formula is C14H16Cl2N4O3S3. The topological polar surface area (TPSA) is 92.3 Å². The first kappa shape index (κ1) is 21.2. The predicted octanol–water partition coefficient (Wildman–Crippen LogP) is 3.75.